The molecule has 1 unspecified atom stereocenters. The Morgan fingerprint density at radius 3 is 3.07 bits per heavy atom. The van der Waals surface area contributed by atoms with Crippen LogP contribution in [0.2, 0.25) is 0 Å². The Balaban J connectivity index is 2.31. The van der Waals surface area contributed by atoms with Crippen molar-refractivity contribution in [2.24, 2.45) is 0 Å². The van der Waals surface area contributed by atoms with Gasteiger partial charge in [0.15, 0.2) is 0 Å². The van der Waals surface area contributed by atoms with E-state index in [9.17, 15) is 4.79 Å². The zero-order valence-corrected chi connectivity index (χ0v) is 8.69. The molecule has 80 valence electrons. The lowest BCUT2D eigenvalue weighted by Gasteiger charge is -2.18. The van der Waals surface area contributed by atoms with Crippen LogP contribution in [0.4, 0.5) is 0 Å². The van der Waals surface area contributed by atoms with Gasteiger partial charge in [0.2, 0.25) is 0 Å². The van der Waals surface area contributed by atoms with Crippen molar-refractivity contribution < 1.29 is 14.6 Å². The summed E-state index contributed by atoms with van der Waals surface area (Å²) in [5.41, 5.74) is 1.98. The maximum Gasteiger partial charge on any atom is 0.310 e. The molecule has 1 atom stereocenters. The molecule has 0 radical (unpaired) electrons. The molecule has 15 heavy (non-hydrogen) atoms. The van der Waals surface area contributed by atoms with Gasteiger partial charge in [0.25, 0.3) is 0 Å². The topological polar surface area (TPSA) is 46.5 Å². The molecule has 0 saturated carbocycles. The number of aliphatic carboxylic acids is 1. The van der Waals surface area contributed by atoms with E-state index in [4.69, 9.17) is 9.84 Å². The Kier molecular flexibility index (Phi) is 2.62. The number of carboxylic acids is 1. The minimum absolute atomic E-state index is 0.447. The van der Waals surface area contributed by atoms with Crippen molar-refractivity contribution in [1.82, 2.24) is 0 Å². The number of hydrogen-bond donors (Lipinski definition) is 1. The van der Waals surface area contributed by atoms with Crippen molar-refractivity contribution in [3.8, 4) is 5.75 Å². The molecule has 0 bridgehead atoms. The van der Waals surface area contributed by atoms with Crippen LogP contribution >= 0.6 is 0 Å². The molecular formula is C12H14O3. The van der Waals surface area contributed by atoms with E-state index in [1.807, 2.05) is 18.2 Å². The van der Waals surface area contributed by atoms with Gasteiger partial charge in [-0.1, -0.05) is 12.1 Å². The number of fused-ring (bicyclic) bond motifs is 1. The summed E-state index contributed by atoms with van der Waals surface area (Å²) in [6, 6.07) is 5.67. The molecule has 0 saturated heterocycles. The van der Waals surface area contributed by atoms with E-state index in [1.165, 1.54) is 0 Å². The van der Waals surface area contributed by atoms with Crippen LogP contribution in [0.5, 0.6) is 5.75 Å². The van der Waals surface area contributed by atoms with E-state index in [1.54, 1.807) is 6.92 Å². The third kappa shape index (κ3) is 1.96. The quantitative estimate of drug-likeness (QED) is 0.806. The van der Waals surface area contributed by atoms with Crippen molar-refractivity contribution in [1.29, 1.82) is 0 Å². The predicted molar refractivity (Wildman–Crippen MR) is 56.3 cm³/mol. The maximum absolute atomic E-state index is 10.8. The summed E-state index contributed by atoms with van der Waals surface area (Å²) in [6.07, 6.45) is 1.99. The number of benzene rings is 1. The van der Waals surface area contributed by atoms with Gasteiger partial charge in [-0.25, -0.2) is 0 Å². The van der Waals surface area contributed by atoms with Gasteiger partial charge in [-0.05, 0) is 37.0 Å². The zero-order chi connectivity index (χ0) is 10.8. The molecule has 0 aromatic heterocycles. The summed E-state index contributed by atoms with van der Waals surface area (Å²) in [5, 5.41) is 8.91. The fraction of sp³-hybridized carbons (Fsp3) is 0.417. The largest absolute Gasteiger partial charge is 0.493 e. The van der Waals surface area contributed by atoms with Gasteiger partial charge < -0.3 is 9.84 Å². The molecule has 1 aliphatic heterocycles. The summed E-state index contributed by atoms with van der Waals surface area (Å²) < 4.78 is 5.47. The Morgan fingerprint density at radius 1 is 1.53 bits per heavy atom. The smallest absolute Gasteiger partial charge is 0.310 e. The predicted octanol–water partition coefficient (Wildman–Crippen LogP) is 2.20. The number of carbonyl (C=O) groups is 1. The molecule has 3 nitrogen and oxygen atoms in total. The van der Waals surface area contributed by atoms with Gasteiger partial charge in [0, 0.05) is 0 Å². The lowest BCUT2D eigenvalue weighted by atomic mass is 9.96. The van der Waals surface area contributed by atoms with Crippen LogP contribution in [0.1, 0.15) is 30.4 Å². The number of hydrogen-bond acceptors (Lipinski definition) is 2. The van der Waals surface area contributed by atoms with Crippen molar-refractivity contribution in [2.75, 3.05) is 6.61 Å². The van der Waals surface area contributed by atoms with Crippen LogP contribution < -0.4 is 4.74 Å². The second kappa shape index (κ2) is 3.93. The van der Waals surface area contributed by atoms with Gasteiger partial charge >= 0.3 is 5.97 Å². The number of aryl methyl sites for hydroxylation is 1. The molecule has 1 aromatic rings. The Labute approximate surface area is 88.7 Å². The van der Waals surface area contributed by atoms with E-state index < -0.39 is 11.9 Å². The molecular weight excluding hydrogens is 192 g/mol. The summed E-state index contributed by atoms with van der Waals surface area (Å²) in [5.74, 6) is -0.327. The maximum atomic E-state index is 10.8. The first-order chi connectivity index (χ1) is 7.18. The van der Waals surface area contributed by atoms with E-state index in [0.717, 1.165) is 36.3 Å². The molecule has 0 fully saturated rings. The average Bonchev–Trinajstić information content (AvgIpc) is 2.27. The standard InChI is InChI=1S/C12H14O3/c1-8(12(13)14)9-4-5-11-10(7-9)3-2-6-15-11/h4-5,7-8H,2-3,6H2,1H3,(H,13,14). The first-order valence-electron chi connectivity index (χ1n) is 5.17. The highest BCUT2D eigenvalue weighted by Gasteiger charge is 2.17. The summed E-state index contributed by atoms with van der Waals surface area (Å²) >= 11 is 0. The molecule has 1 aromatic carbocycles. The Bertz CT molecular complexity index is 384. The van der Waals surface area contributed by atoms with Crippen LogP contribution in [0.25, 0.3) is 0 Å². The van der Waals surface area contributed by atoms with E-state index in [0.29, 0.717) is 0 Å². The van der Waals surface area contributed by atoms with Gasteiger partial charge in [0.1, 0.15) is 5.75 Å². The third-order valence-corrected chi connectivity index (χ3v) is 2.80. The minimum atomic E-state index is -0.785. The lowest BCUT2D eigenvalue weighted by molar-refractivity contribution is -0.138. The normalized spacial score (nSPS) is 16.3. The SMILES string of the molecule is CC(C(=O)O)c1ccc2c(c1)CCCO2. The Hall–Kier alpha value is -1.51. The van der Waals surface area contributed by atoms with Crippen LogP contribution in [-0.4, -0.2) is 17.7 Å². The third-order valence-electron chi connectivity index (χ3n) is 2.80. The first-order valence-corrected chi connectivity index (χ1v) is 5.17. The highest BCUT2D eigenvalue weighted by atomic mass is 16.5. The minimum Gasteiger partial charge on any atom is -0.493 e. The van der Waals surface area contributed by atoms with Crippen LogP contribution in [0.15, 0.2) is 18.2 Å². The Morgan fingerprint density at radius 2 is 2.33 bits per heavy atom. The van der Waals surface area contributed by atoms with Crippen molar-refractivity contribution in [3.05, 3.63) is 29.3 Å². The van der Waals surface area contributed by atoms with Crippen molar-refractivity contribution in [3.63, 3.8) is 0 Å². The highest BCUT2D eigenvalue weighted by Crippen LogP contribution is 2.28. The van der Waals surface area contributed by atoms with Gasteiger partial charge in [0.05, 0.1) is 12.5 Å². The average molecular weight is 206 g/mol. The van der Waals surface area contributed by atoms with Crippen molar-refractivity contribution in [2.45, 2.75) is 25.7 Å². The molecule has 1 aliphatic rings. The van der Waals surface area contributed by atoms with E-state index >= 15 is 0 Å². The van der Waals surface area contributed by atoms with Crippen molar-refractivity contribution >= 4 is 5.97 Å². The second-order valence-corrected chi connectivity index (χ2v) is 3.88. The molecule has 0 spiro atoms. The van der Waals surface area contributed by atoms with Gasteiger partial charge in [-0.2, -0.15) is 0 Å². The molecule has 1 heterocycles. The van der Waals surface area contributed by atoms with Gasteiger partial charge in [-0.15, -0.1) is 0 Å². The molecule has 0 amide bonds. The summed E-state index contributed by atoms with van der Waals surface area (Å²) in [6.45, 7) is 2.47. The molecule has 0 aliphatic carbocycles. The van der Waals surface area contributed by atoms with Crippen LogP contribution in [0, 0.1) is 0 Å². The number of ether oxygens (including phenoxy) is 1. The lowest BCUT2D eigenvalue weighted by Crippen LogP contribution is -2.11. The second-order valence-electron chi connectivity index (χ2n) is 3.88. The number of carboxylic acid groups (broad SMARTS) is 1. The monoisotopic (exact) mass is 206 g/mol. The zero-order valence-electron chi connectivity index (χ0n) is 8.69. The fourth-order valence-electron chi connectivity index (χ4n) is 1.79. The summed E-state index contributed by atoms with van der Waals surface area (Å²) in [7, 11) is 0. The van der Waals surface area contributed by atoms with Crippen LogP contribution in [0.3, 0.4) is 0 Å². The molecule has 1 N–H and O–H groups in total. The van der Waals surface area contributed by atoms with Crippen LogP contribution in [-0.2, 0) is 11.2 Å². The van der Waals surface area contributed by atoms with E-state index in [-0.39, 0.29) is 0 Å². The summed E-state index contributed by atoms with van der Waals surface area (Å²) in [4.78, 5) is 10.8. The van der Waals surface area contributed by atoms with E-state index in [2.05, 4.69) is 0 Å². The molecule has 2 rings (SSSR count). The first kappa shape index (κ1) is 10.0. The highest BCUT2D eigenvalue weighted by molar-refractivity contribution is 5.75. The fourth-order valence-corrected chi connectivity index (χ4v) is 1.79. The number of rotatable bonds is 2. The van der Waals surface area contributed by atoms with Gasteiger partial charge in [-0.3, -0.25) is 4.79 Å². The molecule has 3 heteroatoms.